The van der Waals surface area contributed by atoms with E-state index in [-0.39, 0.29) is 24.8 Å². The Morgan fingerprint density at radius 3 is 1.92 bits per heavy atom. The van der Waals surface area contributed by atoms with E-state index < -0.39 is 53.1 Å². The van der Waals surface area contributed by atoms with Gasteiger partial charge in [-0.05, 0) is 60.3 Å². The Bertz CT molecular complexity index is 1690. The van der Waals surface area contributed by atoms with Crippen molar-refractivity contribution in [2.75, 3.05) is 13.1 Å². The number of nitrogens with one attached hydrogen (secondary N) is 3. The average molecular weight is 729 g/mol. The number of carbonyl (C=O) groups excluding carboxylic acids is 3. The summed E-state index contributed by atoms with van der Waals surface area (Å²) in [5.74, 6) is -0.897. The second-order valence-electron chi connectivity index (χ2n) is 16.2. The van der Waals surface area contributed by atoms with Gasteiger partial charge in [-0.25, -0.2) is 9.59 Å². The molecule has 0 spiro atoms. The zero-order valence-corrected chi connectivity index (χ0v) is 32.0. The zero-order valence-electron chi connectivity index (χ0n) is 32.0. The molecule has 2 aromatic carbocycles. The smallest absolute Gasteiger partial charge is 0.405 e. The molecule has 5 N–H and O–H groups in total. The van der Waals surface area contributed by atoms with Gasteiger partial charge in [-0.3, -0.25) is 14.6 Å². The van der Waals surface area contributed by atoms with Crippen LogP contribution in [0.2, 0.25) is 0 Å². The molecule has 12 heteroatoms. The van der Waals surface area contributed by atoms with Crippen LogP contribution in [0.1, 0.15) is 70.5 Å². The number of aliphatic hydroxyl groups excluding tert-OH is 1. The van der Waals surface area contributed by atoms with Gasteiger partial charge in [0.25, 0.3) is 0 Å². The Morgan fingerprint density at radius 2 is 1.38 bits per heavy atom. The second kappa shape index (κ2) is 17.7. The molecule has 1 aliphatic rings. The fraction of sp³-hybridized carbons (Fsp3) is 0.488. The fourth-order valence-corrected chi connectivity index (χ4v) is 6.92. The highest BCUT2D eigenvalue weighted by atomic mass is 16.4. The summed E-state index contributed by atoms with van der Waals surface area (Å²) in [5, 5.41) is 29.9. The molecule has 5 atom stereocenters. The Hall–Kier alpha value is -4.97. The van der Waals surface area contributed by atoms with Gasteiger partial charge in [0.15, 0.2) is 0 Å². The maximum absolute atomic E-state index is 14.4. The van der Waals surface area contributed by atoms with E-state index in [1.807, 2.05) is 107 Å². The molecule has 1 fully saturated rings. The van der Waals surface area contributed by atoms with Crippen LogP contribution < -0.4 is 16.0 Å². The van der Waals surface area contributed by atoms with Crippen LogP contribution >= 0.6 is 0 Å². The Labute approximate surface area is 313 Å². The monoisotopic (exact) mass is 728 g/mol. The van der Waals surface area contributed by atoms with Crippen molar-refractivity contribution in [3.8, 4) is 0 Å². The predicted octanol–water partition coefficient (Wildman–Crippen LogP) is 4.93. The minimum absolute atomic E-state index is 0.0704. The van der Waals surface area contributed by atoms with Crippen LogP contribution in [0.25, 0.3) is 0 Å². The van der Waals surface area contributed by atoms with Crippen LogP contribution in [-0.4, -0.2) is 92.3 Å². The molecule has 3 aromatic rings. The van der Waals surface area contributed by atoms with Gasteiger partial charge >= 0.3 is 12.1 Å². The number of urea groups is 1. The first-order valence-electron chi connectivity index (χ1n) is 18.3. The lowest BCUT2D eigenvalue weighted by Gasteiger charge is -2.38. The van der Waals surface area contributed by atoms with Crippen LogP contribution in [0.15, 0.2) is 78.9 Å². The van der Waals surface area contributed by atoms with Gasteiger partial charge in [0.05, 0.1) is 24.4 Å². The van der Waals surface area contributed by atoms with Gasteiger partial charge in [-0.1, -0.05) is 108 Å². The molecule has 0 bridgehead atoms. The quantitative estimate of drug-likeness (QED) is 0.148. The molecule has 5 amide bonds. The summed E-state index contributed by atoms with van der Waals surface area (Å²) in [6.45, 7) is 14.1. The molecule has 12 nitrogen and oxygen atoms in total. The molecule has 1 saturated heterocycles. The van der Waals surface area contributed by atoms with Gasteiger partial charge < -0.3 is 36.0 Å². The maximum atomic E-state index is 14.4. The maximum Gasteiger partial charge on any atom is 0.405 e. The molecule has 2 heterocycles. The van der Waals surface area contributed by atoms with E-state index in [1.54, 1.807) is 30.6 Å². The van der Waals surface area contributed by atoms with Crippen molar-refractivity contribution in [3.63, 3.8) is 0 Å². The van der Waals surface area contributed by atoms with E-state index in [4.69, 9.17) is 0 Å². The van der Waals surface area contributed by atoms with E-state index in [0.29, 0.717) is 26.1 Å². The third-order valence-corrected chi connectivity index (χ3v) is 9.49. The first-order valence-corrected chi connectivity index (χ1v) is 18.3. The summed E-state index contributed by atoms with van der Waals surface area (Å²) in [4.78, 5) is 61.4. The highest BCUT2D eigenvalue weighted by Gasteiger charge is 2.44. The summed E-state index contributed by atoms with van der Waals surface area (Å²) in [7, 11) is 0. The lowest BCUT2D eigenvalue weighted by Crippen LogP contribution is -2.59. The van der Waals surface area contributed by atoms with Crippen molar-refractivity contribution >= 4 is 23.9 Å². The Kier molecular flexibility index (Phi) is 13.6. The molecule has 1 aliphatic heterocycles. The third kappa shape index (κ3) is 11.8. The molecule has 53 heavy (non-hydrogen) atoms. The van der Waals surface area contributed by atoms with E-state index in [1.165, 1.54) is 0 Å². The second-order valence-corrected chi connectivity index (χ2v) is 16.2. The summed E-state index contributed by atoms with van der Waals surface area (Å²) in [6, 6.07) is 21.2. The normalized spacial score (nSPS) is 16.3. The third-order valence-electron chi connectivity index (χ3n) is 9.49. The first-order chi connectivity index (χ1) is 24.9. The Balaban J connectivity index is 1.59. The molecular weight excluding hydrogens is 672 g/mol. The lowest BCUT2D eigenvalue weighted by molar-refractivity contribution is -0.130. The van der Waals surface area contributed by atoms with E-state index in [9.17, 15) is 29.4 Å². The minimum Gasteiger partial charge on any atom is -0.465 e. The van der Waals surface area contributed by atoms with Crippen LogP contribution in [0.5, 0.6) is 0 Å². The molecule has 0 aliphatic carbocycles. The number of amides is 5. The van der Waals surface area contributed by atoms with Crippen molar-refractivity contribution in [1.29, 1.82) is 0 Å². The number of benzene rings is 2. The van der Waals surface area contributed by atoms with Gasteiger partial charge in [0, 0.05) is 24.8 Å². The van der Waals surface area contributed by atoms with Crippen LogP contribution in [0.4, 0.5) is 9.59 Å². The van der Waals surface area contributed by atoms with Crippen molar-refractivity contribution in [2.24, 2.45) is 10.8 Å². The Morgan fingerprint density at radius 1 is 0.774 bits per heavy atom. The van der Waals surface area contributed by atoms with Gasteiger partial charge in [0.1, 0.15) is 12.1 Å². The lowest BCUT2D eigenvalue weighted by atomic mass is 9.84. The number of hydrogen-bond acceptors (Lipinski definition) is 6. The predicted molar refractivity (Wildman–Crippen MR) is 204 cm³/mol. The standard InChI is InChI=1S/C41H56N6O6/c1-27-15-14-20-30(42-27)26-46-21-22-47(39(46)53)35(41(5,6)7)37(50)43-31(23-28-16-10-8-11-17-28)25-33(48)32(24-29-18-12-9-13-19-29)44-36(49)34(40(2,3)4)45-38(51)52/h8-20,31-35,45,48H,21-26H2,1-7H3,(H,43,50)(H,44,49)(H,51,52)/t31-,32-,33+,34+,35+/m0/s1. The largest absolute Gasteiger partial charge is 0.465 e. The number of aliphatic hydroxyl groups is 1. The van der Waals surface area contributed by atoms with E-state index >= 15 is 0 Å². The van der Waals surface area contributed by atoms with Crippen molar-refractivity contribution < 1.29 is 29.4 Å². The number of aromatic nitrogens is 1. The van der Waals surface area contributed by atoms with Crippen LogP contribution in [-0.2, 0) is 29.0 Å². The summed E-state index contributed by atoms with van der Waals surface area (Å²) < 4.78 is 0. The van der Waals surface area contributed by atoms with Gasteiger partial charge in [-0.15, -0.1) is 0 Å². The van der Waals surface area contributed by atoms with E-state index in [0.717, 1.165) is 22.5 Å². The summed E-state index contributed by atoms with van der Waals surface area (Å²) >= 11 is 0. The fourth-order valence-electron chi connectivity index (χ4n) is 6.92. The van der Waals surface area contributed by atoms with Gasteiger partial charge in [-0.2, -0.15) is 0 Å². The molecule has 0 saturated carbocycles. The van der Waals surface area contributed by atoms with Gasteiger partial charge in [0.2, 0.25) is 11.8 Å². The van der Waals surface area contributed by atoms with Crippen LogP contribution in [0, 0.1) is 17.8 Å². The zero-order chi connectivity index (χ0) is 38.9. The molecule has 0 radical (unpaired) electrons. The number of nitrogens with zero attached hydrogens (tertiary/aromatic N) is 3. The molecule has 0 unspecified atom stereocenters. The summed E-state index contributed by atoms with van der Waals surface area (Å²) in [6.07, 6.45) is -1.75. The molecular formula is C41H56N6O6. The molecule has 4 rings (SSSR count). The number of carboxylic acid groups (broad SMARTS) is 1. The highest BCUT2D eigenvalue weighted by molar-refractivity contribution is 5.89. The molecule has 286 valence electrons. The number of carbonyl (C=O) groups is 4. The first kappa shape index (κ1) is 40.8. The van der Waals surface area contributed by atoms with Crippen molar-refractivity contribution in [2.45, 2.75) is 105 Å². The average Bonchev–Trinajstić information content (AvgIpc) is 3.41. The summed E-state index contributed by atoms with van der Waals surface area (Å²) in [5.41, 5.74) is 2.06. The van der Waals surface area contributed by atoms with Crippen molar-refractivity contribution in [1.82, 2.24) is 30.7 Å². The van der Waals surface area contributed by atoms with Crippen LogP contribution in [0.3, 0.4) is 0 Å². The topological polar surface area (TPSA) is 164 Å². The SMILES string of the molecule is Cc1cccc(CN2CCN([C@H](C(=O)N[C@@H](Cc3ccccc3)C[C@@H](O)[C@H](Cc3ccccc3)NC(=O)[C@@H](NC(=O)O)C(C)(C)C)C(C)(C)C)C2=O)n1. The number of rotatable bonds is 15. The number of aryl methyl sites for hydroxylation is 1. The molecule has 1 aromatic heterocycles. The highest BCUT2D eigenvalue weighted by Crippen LogP contribution is 2.29. The number of hydrogen-bond donors (Lipinski definition) is 5. The van der Waals surface area contributed by atoms with Crippen molar-refractivity contribution in [3.05, 3.63) is 101 Å². The minimum atomic E-state index is -1.33. The number of pyridine rings is 1. The van der Waals surface area contributed by atoms with E-state index in [2.05, 4.69) is 20.9 Å².